The highest BCUT2D eigenvalue weighted by molar-refractivity contribution is 7.80. The fraction of sp³-hybridized carbons (Fsp3) is 0.833. The molecule has 0 N–H and O–H groups in total. The van der Waals surface area contributed by atoms with Gasteiger partial charge in [-0.25, -0.2) is 0 Å². The van der Waals surface area contributed by atoms with Gasteiger partial charge in [-0.1, -0.05) is 33.0 Å². The molecule has 0 bridgehead atoms. The summed E-state index contributed by atoms with van der Waals surface area (Å²) in [4.78, 5) is 6.68. The van der Waals surface area contributed by atoms with Crippen molar-refractivity contribution in [3.63, 3.8) is 0 Å². The molecule has 0 aromatic heterocycles. The average molecular weight is 289 g/mol. The molecule has 6 heteroatoms. The lowest BCUT2D eigenvalue weighted by Crippen LogP contribution is -2.38. The molecule has 0 radical (unpaired) electrons. The van der Waals surface area contributed by atoms with E-state index in [1.807, 2.05) is 20.8 Å². The number of thiocarbonyl (C=S) groups is 1. The van der Waals surface area contributed by atoms with Crippen molar-refractivity contribution in [2.45, 2.75) is 45.3 Å². The second-order valence-electron chi connectivity index (χ2n) is 5.36. The Morgan fingerprint density at radius 2 is 2.22 bits per heavy atom. The van der Waals surface area contributed by atoms with Crippen molar-refractivity contribution in [2.75, 3.05) is 18.8 Å². The van der Waals surface area contributed by atoms with Crippen LogP contribution < -0.4 is 5.11 Å². The maximum absolute atomic E-state index is 11.4. The van der Waals surface area contributed by atoms with Crippen molar-refractivity contribution in [1.29, 1.82) is 0 Å². The standard InChI is InChI=1S/C12H22N2O2S2/c1-12(2,3)16-11(15)13-7-10(18)14-6-4-5-9(14)8-17/h9,17H,4-8H2,1-3H3,(H,13,15)/p-1/t9-/m0/s1. The van der Waals surface area contributed by atoms with Gasteiger partial charge in [0.1, 0.15) is 11.1 Å². The number of hydrogen-bond acceptors (Lipinski definition) is 5. The number of nitrogens with zero attached hydrogens (tertiary/aromatic N) is 2. The quantitative estimate of drug-likeness (QED) is 0.367. The molecule has 1 aliphatic rings. The van der Waals surface area contributed by atoms with Crippen LogP contribution in [0.3, 0.4) is 0 Å². The van der Waals surface area contributed by atoms with Crippen molar-refractivity contribution in [2.24, 2.45) is 4.99 Å². The number of rotatable bonds is 3. The van der Waals surface area contributed by atoms with Crippen LogP contribution in [0, 0.1) is 0 Å². The summed E-state index contributed by atoms with van der Waals surface area (Å²) in [6.07, 6.45) is 1.68. The molecule has 1 saturated heterocycles. The van der Waals surface area contributed by atoms with Crippen LogP contribution in [0.15, 0.2) is 4.99 Å². The van der Waals surface area contributed by atoms with Crippen LogP contribution in [0.5, 0.6) is 0 Å². The van der Waals surface area contributed by atoms with Crippen molar-refractivity contribution in [1.82, 2.24) is 4.90 Å². The lowest BCUT2D eigenvalue weighted by Gasteiger charge is -2.30. The van der Waals surface area contributed by atoms with Crippen molar-refractivity contribution in [3.8, 4) is 0 Å². The van der Waals surface area contributed by atoms with Crippen LogP contribution in [0.4, 0.5) is 0 Å². The Morgan fingerprint density at radius 3 is 2.78 bits per heavy atom. The molecule has 0 saturated carbocycles. The molecule has 0 aliphatic carbocycles. The first-order chi connectivity index (χ1) is 8.33. The SMILES string of the molecule is CC(C)(C)OC([O-])=NCC(=S)N1CCC[C@H]1CS. The van der Waals surface area contributed by atoms with Crippen LogP contribution in [-0.2, 0) is 4.74 Å². The van der Waals surface area contributed by atoms with Crippen molar-refractivity contribution in [3.05, 3.63) is 0 Å². The minimum Gasteiger partial charge on any atom is -0.595 e. The molecule has 0 aromatic rings. The second kappa shape index (κ2) is 6.61. The third kappa shape index (κ3) is 5.02. The maximum atomic E-state index is 11.4. The van der Waals surface area contributed by atoms with Crippen LogP contribution >= 0.6 is 24.8 Å². The van der Waals surface area contributed by atoms with E-state index in [1.54, 1.807) is 0 Å². The number of thiol groups is 1. The first-order valence-electron chi connectivity index (χ1n) is 6.14. The molecule has 1 rings (SSSR count). The maximum Gasteiger partial charge on any atom is 0.146 e. The van der Waals surface area contributed by atoms with E-state index < -0.39 is 11.7 Å². The van der Waals surface area contributed by atoms with Crippen LogP contribution in [0.2, 0.25) is 0 Å². The molecule has 0 aromatic carbocycles. The largest absolute Gasteiger partial charge is 0.595 e. The minimum atomic E-state index is -0.550. The average Bonchev–Trinajstić information content (AvgIpc) is 2.71. The summed E-state index contributed by atoms with van der Waals surface area (Å²) in [6, 6.07) is 0.384. The Balaban J connectivity index is 2.47. The zero-order valence-electron chi connectivity index (χ0n) is 11.2. The first kappa shape index (κ1) is 15.6. The lowest BCUT2D eigenvalue weighted by molar-refractivity contribution is -0.260. The fourth-order valence-electron chi connectivity index (χ4n) is 1.87. The van der Waals surface area contributed by atoms with Gasteiger partial charge in [0.2, 0.25) is 0 Å². The van der Waals surface area contributed by atoms with Gasteiger partial charge >= 0.3 is 0 Å². The highest BCUT2D eigenvalue weighted by Gasteiger charge is 2.24. The van der Waals surface area contributed by atoms with Crippen molar-refractivity contribution < 1.29 is 9.84 Å². The fourth-order valence-corrected chi connectivity index (χ4v) is 2.56. The molecule has 0 amide bonds. The third-order valence-electron chi connectivity index (χ3n) is 2.65. The molecule has 1 heterocycles. The highest BCUT2D eigenvalue weighted by Crippen LogP contribution is 2.19. The summed E-state index contributed by atoms with van der Waals surface area (Å²) in [5, 5.41) is 11.4. The van der Waals surface area contributed by atoms with Gasteiger partial charge in [-0.3, -0.25) is 4.99 Å². The molecule has 104 valence electrons. The monoisotopic (exact) mass is 289 g/mol. The molecule has 0 unspecified atom stereocenters. The Bertz CT molecular complexity index is 327. The molecular formula is C12H21N2O2S2-. The summed E-state index contributed by atoms with van der Waals surface area (Å²) < 4.78 is 5.11. The molecule has 4 nitrogen and oxygen atoms in total. The summed E-state index contributed by atoms with van der Waals surface area (Å²) in [6.45, 7) is 6.62. The van der Waals surface area contributed by atoms with Gasteiger partial charge in [-0.15, -0.1) is 0 Å². The summed E-state index contributed by atoms with van der Waals surface area (Å²) >= 11 is 9.62. The predicted octanol–water partition coefficient (Wildman–Crippen LogP) is 1.24. The Morgan fingerprint density at radius 1 is 1.56 bits per heavy atom. The van der Waals surface area contributed by atoms with Crippen molar-refractivity contribution >= 4 is 35.9 Å². The lowest BCUT2D eigenvalue weighted by atomic mass is 10.2. The van der Waals surface area contributed by atoms with Gasteiger partial charge in [-0.05, 0) is 12.8 Å². The van der Waals surface area contributed by atoms with Crippen LogP contribution in [-0.4, -0.2) is 46.5 Å². The minimum absolute atomic E-state index is 0.231. The molecule has 0 spiro atoms. The van der Waals surface area contributed by atoms with E-state index in [0.717, 1.165) is 25.1 Å². The van der Waals surface area contributed by atoms with Gasteiger partial charge < -0.3 is 14.7 Å². The number of hydrogen-bond donors (Lipinski definition) is 1. The Kier molecular flexibility index (Phi) is 5.72. The third-order valence-corrected chi connectivity index (χ3v) is 3.43. The zero-order chi connectivity index (χ0) is 13.8. The summed E-state index contributed by atoms with van der Waals surface area (Å²) in [5.74, 6) is 0.784. The second-order valence-corrected chi connectivity index (χ2v) is 6.20. The molecular weight excluding hydrogens is 268 g/mol. The number of likely N-dealkylation sites (tertiary alicyclic amines) is 1. The number of aliphatic imine (C=N–C) groups is 1. The van der Waals surface area contributed by atoms with E-state index in [2.05, 4.69) is 22.5 Å². The normalized spacial score (nSPS) is 21.2. The Hall–Kier alpha value is -0.490. The van der Waals surface area contributed by atoms with E-state index in [9.17, 15) is 5.11 Å². The van der Waals surface area contributed by atoms with Crippen LogP contribution in [0.1, 0.15) is 33.6 Å². The van der Waals surface area contributed by atoms with Gasteiger partial charge in [-0.2, -0.15) is 12.6 Å². The first-order valence-corrected chi connectivity index (χ1v) is 7.18. The van der Waals surface area contributed by atoms with Gasteiger partial charge in [0.15, 0.2) is 0 Å². The van der Waals surface area contributed by atoms with E-state index in [-0.39, 0.29) is 6.54 Å². The smallest absolute Gasteiger partial charge is 0.146 e. The van der Waals surface area contributed by atoms with E-state index in [4.69, 9.17) is 17.0 Å². The zero-order valence-corrected chi connectivity index (χ0v) is 12.9. The number of ether oxygens (including phenoxy) is 1. The molecule has 18 heavy (non-hydrogen) atoms. The molecule has 1 fully saturated rings. The topological polar surface area (TPSA) is 47.9 Å². The highest BCUT2D eigenvalue weighted by atomic mass is 32.1. The van der Waals surface area contributed by atoms with E-state index >= 15 is 0 Å². The molecule has 1 atom stereocenters. The van der Waals surface area contributed by atoms with Gasteiger partial charge in [0, 0.05) is 23.9 Å². The molecule has 1 aliphatic heterocycles. The predicted molar refractivity (Wildman–Crippen MR) is 79.3 cm³/mol. The summed E-state index contributed by atoms with van der Waals surface area (Å²) in [7, 11) is 0. The summed E-state index contributed by atoms with van der Waals surface area (Å²) in [5.41, 5.74) is -0.510. The van der Waals surface area contributed by atoms with Gasteiger partial charge in [0.05, 0.1) is 6.54 Å². The van der Waals surface area contributed by atoms with Gasteiger partial charge in [0.25, 0.3) is 0 Å². The Labute approximate surface area is 120 Å². The van der Waals surface area contributed by atoms with Crippen LogP contribution in [0.25, 0.3) is 0 Å². The van der Waals surface area contributed by atoms with E-state index in [1.165, 1.54) is 0 Å². The van der Waals surface area contributed by atoms with E-state index in [0.29, 0.717) is 11.0 Å².